The lowest BCUT2D eigenvalue weighted by Crippen LogP contribution is -2.27. The smallest absolute Gasteiger partial charge is 0.100 e. The van der Waals surface area contributed by atoms with Crippen molar-refractivity contribution >= 4 is 22.8 Å². The second-order valence-corrected chi connectivity index (χ2v) is 7.55. The van der Waals surface area contributed by atoms with Gasteiger partial charge in [0.2, 0.25) is 0 Å². The number of anilines is 2. The van der Waals surface area contributed by atoms with Gasteiger partial charge in [-0.05, 0) is 36.8 Å². The Morgan fingerprint density at radius 2 is 0.967 bits per heavy atom. The lowest BCUT2D eigenvalue weighted by atomic mass is 10.00. The molecule has 2 heteroatoms. The molecule has 0 radical (unpaired) electrons. The van der Waals surface area contributed by atoms with Crippen LogP contribution in [0.4, 0.5) is 11.4 Å². The van der Waals surface area contributed by atoms with Gasteiger partial charge in [-0.2, -0.15) is 0 Å². The van der Waals surface area contributed by atoms with Crippen molar-refractivity contribution in [2.75, 3.05) is 16.5 Å². The molecule has 0 fully saturated rings. The van der Waals surface area contributed by atoms with E-state index in [1.54, 1.807) is 0 Å². The molecule has 2 nitrogen and oxygen atoms in total. The minimum Gasteiger partial charge on any atom is -0.321 e. The topological polar surface area (TPSA) is 6.48 Å². The molecule has 4 aromatic carbocycles. The lowest BCUT2D eigenvalue weighted by molar-refractivity contribution is 0.986. The first-order valence-electron chi connectivity index (χ1n) is 10.3. The Bertz CT molecular complexity index is 1160. The fraction of sp³-hybridized carbons (Fsp3) is 0.0714. The van der Waals surface area contributed by atoms with E-state index in [2.05, 4.69) is 132 Å². The molecule has 0 atom stereocenters. The summed E-state index contributed by atoms with van der Waals surface area (Å²) in [4.78, 5) is 4.85. The maximum absolute atomic E-state index is 2.43. The van der Waals surface area contributed by atoms with Crippen molar-refractivity contribution < 1.29 is 0 Å². The summed E-state index contributed by atoms with van der Waals surface area (Å²) in [5, 5.41) is 0. The van der Waals surface area contributed by atoms with Gasteiger partial charge in [0.1, 0.15) is 6.67 Å². The average molecular weight is 389 g/mol. The Hall–Kier alpha value is -3.78. The van der Waals surface area contributed by atoms with Crippen LogP contribution in [0.25, 0.3) is 11.4 Å². The zero-order valence-corrected chi connectivity index (χ0v) is 17.1. The summed E-state index contributed by atoms with van der Waals surface area (Å²) in [7, 11) is 0. The van der Waals surface area contributed by atoms with Crippen LogP contribution >= 0.6 is 0 Å². The Balaban J connectivity index is 1.80. The van der Waals surface area contributed by atoms with E-state index in [1.165, 1.54) is 39.5 Å². The summed E-state index contributed by atoms with van der Waals surface area (Å²) >= 11 is 0. The van der Waals surface area contributed by atoms with Crippen LogP contribution in [-0.4, -0.2) is 6.67 Å². The molecule has 0 bridgehead atoms. The summed E-state index contributed by atoms with van der Waals surface area (Å²) in [6.07, 6.45) is 0. The predicted molar refractivity (Wildman–Crippen MR) is 127 cm³/mol. The first-order chi connectivity index (χ1) is 14.8. The lowest BCUT2D eigenvalue weighted by Gasteiger charge is -2.25. The number of aryl methyl sites for hydroxylation is 1. The number of para-hydroxylation sites is 2. The van der Waals surface area contributed by atoms with Gasteiger partial charge in [0.25, 0.3) is 0 Å². The van der Waals surface area contributed by atoms with Gasteiger partial charge in [-0.25, -0.2) is 0 Å². The summed E-state index contributed by atoms with van der Waals surface area (Å²) in [6, 6.07) is 40.7. The van der Waals surface area contributed by atoms with Gasteiger partial charge in [-0.1, -0.05) is 91.0 Å². The number of hydrogen-bond acceptors (Lipinski definition) is 2. The molecule has 5 rings (SSSR count). The van der Waals surface area contributed by atoms with E-state index in [4.69, 9.17) is 0 Å². The summed E-state index contributed by atoms with van der Waals surface area (Å²) in [5.41, 5.74) is 8.63. The molecule has 1 heterocycles. The third kappa shape index (κ3) is 3.27. The van der Waals surface area contributed by atoms with Gasteiger partial charge in [-0.3, -0.25) is 0 Å². The van der Waals surface area contributed by atoms with Crippen molar-refractivity contribution in [3.8, 4) is 0 Å². The first kappa shape index (κ1) is 18.3. The number of rotatable bonds is 4. The highest BCUT2D eigenvalue weighted by atomic mass is 15.4. The predicted octanol–water partition coefficient (Wildman–Crippen LogP) is 6.81. The first-order valence-corrected chi connectivity index (χ1v) is 10.3. The van der Waals surface area contributed by atoms with E-state index in [0.717, 1.165) is 6.67 Å². The molecule has 0 N–H and O–H groups in total. The largest absolute Gasteiger partial charge is 0.321 e. The van der Waals surface area contributed by atoms with E-state index in [9.17, 15) is 0 Å². The van der Waals surface area contributed by atoms with Gasteiger partial charge >= 0.3 is 0 Å². The molecular weight excluding hydrogens is 364 g/mol. The third-order valence-electron chi connectivity index (χ3n) is 5.63. The van der Waals surface area contributed by atoms with Gasteiger partial charge in [-0.15, -0.1) is 0 Å². The molecule has 0 amide bonds. The second kappa shape index (κ2) is 7.92. The molecule has 146 valence electrons. The minimum atomic E-state index is 0.766. The third-order valence-corrected chi connectivity index (χ3v) is 5.63. The van der Waals surface area contributed by atoms with E-state index in [1.807, 2.05) is 0 Å². The van der Waals surface area contributed by atoms with Gasteiger partial charge in [0.15, 0.2) is 0 Å². The van der Waals surface area contributed by atoms with Crippen molar-refractivity contribution in [3.63, 3.8) is 0 Å². The van der Waals surface area contributed by atoms with Crippen LogP contribution in [0.3, 0.4) is 0 Å². The molecule has 0 aromatic heterocycles. The molecule has 1 aliphatic heterocycles. The molecule has 0 saturated heterocycles. The van der Waals surface area contributed by atoms with Crippen LogP contribution in [0, 0.1) is 6.92 Å². The van der Waals surface area contributed by atoms with Crippen molar-refractivity contribution in [1.82, 2.24) is 0 Å². The van der Waals surface area contributed by atoms with E-state index in [-0.39, 0.29) is 0 Å². The van der Waals surface area contributed by atoms with Gasteiger partial charge in [0.05, 0.1) is 11.4 Å². The number of hydrogen-bond donors (Lipinski definition) is 0. The Labute approximate surface area is 178 Å². The van der Waals surface area contributed by atoms with Crippen molar-refractivity contribution in [2.24, 2.45) is 0 Å². The van der Waals surface area contributed by atoms with E-state index in [0.29, 0.717) is 0 Å². The Kier molecular flexibility index (Phi) is 4.82. The van der Waals surface area contributed by atoms with Crippen LogP contribution in [0.2, 0.25) is 0 Å². The summed E-state index contributed by atoms with van der Waals surface area (Å²) in [5.74, 6) is 0. The fourth-order valence-electron chi connectivity index (χ4n) is 4.18. The molecular formula is C28H24N2. The summed E-state index contributed by atoms with van der Waals surface area (Å²) < 4.78 is 0. The van der Waals surface area contributed by atoms with E-state index < -0.39 is 0 Å². The molecule has 0 unspecified atom stereocenters. The Morgan fingerprint density at radius 3 is 1.53 bits per heavy atom. The van der Waals surface area contributed by atoms with Crippen molar-refractivity contribution in [2.45, 2.75) is 6.92 Å². The summed E-state index contributed by atoms with van der Waals surface area (Å²) in [6.45, 7) is 2.96. The Morgan fingerprint density at radius 1 is 0.500 bits per heavy atom. The van der Waals surface area contributed by atoms with Gasteiger partial charge in [0, 0.05) is 22.5 Å². The van der Waals surface area contributed by atoms with Crippen molar-refractivity contribution in [1.29, 1.82) is 0 Å². The zero-order valence-electron chi connectivity index (χ0n) is 17.1. The maximum Gasteiger partial charge on any atom is 0.100 e. The SMILES string of the molecule is Cc1ccccc1C1=C(c2ccccc2)N(c2ccccc2)CN1c1ccccc1. The maximum atomic E-state index is 2.43. The van der Waals surface area contributed by atoms with Crippen LogP contribution in [0.5, 0.6) is 0 Å². The average Bonchev–Trinajstić information content (AvgIpc) is 3.21. The molecule has 4 aromatic rings. The molecule has 0 spiro atoms. The molecule has 30 heavy (non-hydrogen) atoms. The monoisotopic (exact) mass is 388 g/mol. The highest BCUT2D eigenvalue weighted by molar-refractivity contribution is 6.06. The quantitative estimate of drug-likeness (QED) is 0.379. The second-order valence-electron chi connectivity index (χ2n) is 7.55. The fourth-order valence-corrected chi connectivity index (χ4v) is 4.18. The number of benzene rings is 4. The normalized spacial score (nSPS) is 13.8. The van der Waals surface area contributed by atoms with Gasteiger partial charge < -0.3 is 9.80 Å². The highest BCUT2D eigenvalue weighted by Crippen LogP contribution is 2.43. The van der Waals surface area contributed by atoms with Crippen LogP contribution in [0.15, 0.2) is 115 Å². The standard InChI is InChI=1S/C28H24N2/c1-22-13-11-12-20-26(22)28-27(23-14-5-2-6-15-23)29(24-16-7-3-8-17-24)21-30(28)25-18-9-4-10-19-25/h2-20H,21H2,1H3. The number of nitrogens with zero attached hydrogens (tertiary/aromatic N) is 2. The zero-order chi connectivity index (χ0) is 20.3. The molecule has 1 aliphatic rings. The van der Waals surface area contributed by atoms with E-state index >= 15 is 0 Å². The minimum absolute atomic E-state index is 0.766. The van der Waals surface area contributed by atoms with Crippen LogP contribution in [-0.2, 0) is 0 Å². The van der Waals surface area contributed by atoms with Crippen molar-refractivity contribution in [3.05, 3.63) is 132 Å². The molecule has 0 saturated carbocycles. The molecule has 0 aliphatic carbocycles. The van der Waals surface area contributed by atoms with Crippen LogP contribution in [0.1, 0.15) is 16.7 Å². The highest BCUT2D eigenvalue weighted by Gasteiger charge is 2.33. The van der Waals surface area contributed by atoms with Crippen LogP contribution < -0.4 is 9.80 Å².